The summed E-state index contributed by atoms with van der Waals surface area (Å²) in [5.41, 5.74) is 5.00. The average Bonchev–Trinajstić information content (AvgIpc) is 3.45. The molecule has 10 heteroatoms. The van der Waals surface area contributed by atoms with Crippen LogP contribution in [0.4, 0.5) is 0 Å². The van der Waals surface area contributed by atoms with Crippen LogP contribution in [0, 0.1) is 0 Å². The number of carboxylic acids is 1. The molecule has 0 bridgehead atoms. The van der Waals surface area contributed by atoms with E-state index in [4.69, 9.17) is 14.7 Å². The van der Waals surface area contributed by atoms with E-state index in [2.05, 4.69) is 14.8 Å². The van der Waals surface area contributed by atoms with Crippen molar-refractivity contribution in [2.45, 2.75) is 11.7 Å². The molecule has 0 amide bonds. The molecule has 0 aliphatic heterocycles. The van der Waals surface area contributed by atoms with Crippen LogP contribution in [-0.2, 0) is 11.3 Å². The molecule has 6 rings (SSSR count). The minimum absolute atomic E-state index is 0.124. The topological polar surface area (TPSA) is 108 Å². The van der Waals surface area contributed by atoms with Gasteiger partial charge in [0.1, 0.15) is 11.3 Å². The maximum absolute atomic E-state index is 11.3. The highest BCUT2D eigenvalue weighted by Crippen LogP contribution is 2.30. The molecule has 0 atom stereocenters. The summed E-state index contributed by atoms with van der Waals surface area (Å²) in [7, 11) is 1.61. The fourth-order valence-corrected chi connectivity index (χ4v) is 4.99. The fraction of sp³-hybridized carbons (Fsp3) is 0.115. The van der Waals surface area contributed by atoms with Crippen LogP contribution in [-0.4, -0.2) is 53.2 Å². The molecule has 178 valence electrons. The van der Waals surface area contributed by atoms with E-state index in [1.807, 2.05) is 77.4 Å². The van der Waals surface area contributed by atoms with Crippen LogP contribution in [0.3, 0.4) is 0 Å². The Kier molecular flexibility index (Phi) is 5.49. The number of fused-ring (bicyclic) bond motifs is 4. The number of rotatable bonds is 7. The predicted molar refractivity (Wildman–Crippen MR) is 138 cm³/mol. The van der Waals surface area contributed by atoms with Crippen LogP contribution in [0.1, 0.15) is 5.82 Å². The minimum Gasteiger partial charge on any atom is -0.497 e. The Morgan fingerprint density at radius 2 is 1.67 bits per heavy atom. The highest BCUT2D eigenvalue weighted by Gasteiger charge is 2.20. The third kappa shape index (κ3) is 3.81. The summed E-state index contributed by atoms with van der Waals surface area (Å²) >= 11 is 1.12. The molecule has 3 heterocycles. The third-order valence-electron chi connectivity index (χ3n) is 5.91. The smallest absolute Gasteiger partial charge is 0.313 e. The van der Waals surface area contributed by atoms with Crippen LogP contribution < -0.4 is 4.74 Å². The Hall–Kier alpha value is -4.44. The number of hydrogen-bond acceptors (Lipinski definition) is 7. The lowest BCUT2D eigenvalue weighted by Crippen LogP contribution is -2.09. The Balaban J connectivity index is 1.53. The molecule has 3 aromatic carbocycles. The van der Waals surface area contributed by atoms with Crippen molar-refractivity contribution < 1.29 is 14.6 Å². The third-order valence-corrected chi connectivity index (χ3v) is 6.83. The first-order valence-corrected chi connectivity index (χ1v) is 12.2. The zero-order valence-electron chi connectivity index (χ0n) is 19.2. The first-order valence-electron chi connectivity index (χ1n) is 11.2. The molecule has 6 aromatic rings. The van der Waals surface area contributed by atoms with Gasteiger partial charge in [-0.3, -0.25) is 9.36 Å². The van der Waals surface area contributed by atoms with Gasteiger partial charge in [-0.05, 0) is 42.5 Å². The molecule has 0 unspecified atom stereocenters. The first-order chi connectivity index (χ1) is 17.6. The molecule has 0 fully saturated rings. The lowest BCUT2D eigenvalue weighted by molar-refractivity contribution is -0.133. The van der Waals surface area contributed by atoms with E-state index >= 15 is 0 Å². The Bertz CT molecular complexity index is 1740. The molecule has 1 N–H and O–H groups in total. The maximum atomic E-state index is 11.3. The number of para-hydroxylation sites is 3. The minimum atomic E-state index is -0.921. The molecule has 0 saturated heterocycles. The van der Waals surface area contributed by atoms with Crippen LogP contribution in [0.5, 0.6) is 5.75 Å². The molecule has 0 spiro atoms. The van der Waals surface area contributed by atoms with Gasteiger partial charge in [-0.15, -0.1) is 10.2 Å². The number of nitrogens with zero attached hydrogens (tertiary/aromatic N) is 6. The highest BCUT2D eigenvalue weighted by molar-refractivity contribution is 7.99. The van der Waals surface area contributed by atoms with Gasteiger partial charge in [0, 0.05) is 11.1 Å². The number of thioether (sulfide) groups is 1. The van der Waals surface area contributed by atoms with Gasteiger partial charge >= 0.3 is 5.97 Å². The van der Waals surface area contributed by atoms with Gasteiger partial charge < -0.3 is 14.4 Å². The molecule has 0 radical (unpaired) electrons. The monoisotopic (exact) mass is 496 g/mol. The molecular weight excluding hydrogens is 476 g/mol. The molecule has 36 heavy (non-hydrogen) atoms. The van der Waals surface area contributed by atoms with Crippen molar-refractivity contribution in [3.05, 3.63) is 78.6 Å². The van der Waals surface area contributed by atoms with Crippen LogP contribution in [0.2, 0.25) is 0 Å². The van der Waals surface area contributed by atoms with Gasteiger partial charge in [-0.1, -0.05) is 42.1 Å². The van der Waals surface area contributed by atoms with E-state index in [0.29, 0.717) is 17.5 Å². The number of methoxy groups -OCH3 is 1. The van der Waals surface area contributed by atoms with Gasteiger partial charge in [-0.2, -0.15) is 0 Å². The summed E-state index contributed by atoms with van der Waals surface area (Å²) in [6, 6.07) is 23.4. The predicted octanol–water partition coefficient (Wildman–Crippen LogP) is 4.55. The number of aliphatic carboxylic acids is 1. The molecule has 0 aliphatic rings. The van der Waals surface area contributed by atoms with Crippen LogP contribution in [0.15, 0.2) is 78.0 Å². The molecule has 3 aromatic heterocycles. The SMILES string of the molecule is COc1ccc(-n2c(Cn3c4ccccc4c4nc5ccccc5nc43)nnc2SCC(=O)O)cc1. The Morgan fingerprint density at radius 1 is 0.944 bits per heavy atom. The maximum Gasteiger partial charge on any atom is 0.313 e. The number of carboxylic acid groups (broad SMARTS) is 1. The summed E-state index contributed by atoms with van der Waals surface area (Å²) in [6.07, 6.45) is 0. The van der Waals surface area contributed by atoms with Gasteiger partial charge in [0.25, 0.3) is 0 Å². The zero-order chi connectivity index (χ0) is 24.6. The standard InChI is InChI=1S/C26H20N6O3S/c1-35-17-12-10-16(11-13-17)32-22(29-30-26(32)36-15-23(33)34)14-31-21-9-5-2-6-18(21)24-25(31)28-20-8-4-3-7-19(20)27-24/h2-13H,14-15H2,1H3,(H,33,34). The van der Waals surface area contributed by atoms with Crippen molar-refractivity contribution in [1.82, 2.24) is 29.3 Å². The second-order valence-electron chi connectivity index (χ2n) is 8.10. The quantitative estimate of drug-likeness (QED) is 0.321. The fourth-order valence-electron chi connectivity index (χ4n) is 4.30. The zero-order valence-corrected chi connectivity index (χ0v) is 20.0. The summed E-state index contributed by atoms with van der Waals surface area (Å²) in [4.78, 5) is 21.1. The summed E-state index contributed by atoms with van der Waals surface area (Å²) in [5.74, 6) is 0.319. The van der Waals surface area contributed by atoms with Gasteiger partial charge in [-0.25, -0.2) is 9.97 Å². The number of aromatic nitrogens is 6. The van der Waals surface area contributed by atoms with Crippen molar-refractivity contribution in [1.29, 1.82) is 0 Å². The second-order valence-corrected chi connectivity index (χ2v) is 9.04. The number of carbonyl (C=O) groups is 1. The largest absolute Gasteiger partial charge is 0.497 e. The molecule has 0 aliphatic carbocycles. The second kappa shape index (κ2) is 8.97. The normalized spacial score (nSPS) is 11.5. The number of benzene rings is 3. The average molecular weight is 497 g/mol. The Labute approximate surface area is 209 Å². The number of hydrogen-bond donors (Lipinski definition) is 1. The Morgan fingerprint density at radius 3 is 2.42 bits per heavy atom. The summed E-state index contributed by atoms with van der Waals surface area (Å²) < 4.78 is 9.26. The van der Waals surface area contributed by atoms with Crippen molar-refractivity contribution in [3.63, 3.8) is 0 Å². The summed E-state index contributed by atoms with van der Waals surface area (Å²) in [5, 5.41) is 19.5. The molecule has 9 nitrogen and oxygen atoms in total. The van der Waals surface area contributed by atoms with E-state index in [1.165, 1.54) is 0 Å². The van der Waals surface area contributed by atoms with Gasteiger partial charge in [0.05, 0.1) is 36.0 Å². The summed E-state index contributed by atoms with van der Waals surface area (Å²) in [6.45, 7) is 0.365. The van der Waals surface area contributed by atoms with E-state index < -0.39 is 5.97 Å². The lowest BCUT2D eigenvalue weighted by Gasteiger charge is -2.12. The van der Waals surface area contributed by atoms with Crippen LogP contribution in [0.25, 0.3) is 38.8 Å². The number of ether oxygens (including phenoxy) is 1. The highest BCUT2D eigenvalue weighted by atomic mass is 32.2. The van der Waals surface area contributed by atoms with E-state index in [9.17, 15) is 9.90 Å². The lowest BCUT2D eigenvalue weighted by atomic mass is 10.2. The van der Waals surface area contributed by atoms with Crippen molar-refractivity contribution in [3.8, 4) is 11.4 Å². The van der Waals surface area contributed by atoms with E-state index in [-0.39, 0.29) is 5.75 Å². The van der Waals surface area contributed by atoms with E-state index in [0.717, 1.165) is 56.3 Å². The first kappa shape index (κ1) is 22.1. The van der Waals surface area contributed by atoms with Gasteiger partial charge in [0.2, 0.25) is 0 Å². The molecular formula is C26H20N6O3S. The van der Waals surface area contributed by atoms with E-state index in [1.54, 1.807) is 7.11 Å². The van der Waals surface area contributed by atoms with Crippen molar-refractivity contribution in [2.24, 2.45) is 0 Å². The molecule has 0 saturated carbocycles. The van der Waals surface area contributed by atoms with Crippen LogP contribution >= 0.6 is 11.8 Å². The van der Waals surface area contributed by atoms with Crippen molar-refractivity contribution in [2.75, 3.05) is 12.9 Å². The van der Waals surface area contributed by atoms with Crippen molar-refractivity contribution >= 4 is 50.8 Å². The van der Waals surface area contributed by atoms with Gasteiger partial charge in [0.15, 0.2) is 16.6 Å².